The molecule has 2 N–H and O–H groups in total. The molecule has 0 radical (unpaired) electrons. The van der Waals surface area contributed by atoms with E-state index in [1.165, 1.54) is 18.5 Å². The zero-order chi connectivity index (χ0) is 18.5. The second-order valence-corrected chi connectivity index (χ2v) is 6.22. The maximum atomic E-state index is 13.6. The predicted octanol–water partition coefficient (Wildman–Crippen LogP) is 4.60. The summed E-state index contributed by atoms with van der Waals surface area (Å²) in [5.41, 5.74) is 1.16. The summed E-state index contributed by atoms with van der Waals surface area (Å²) in [5, 5.41) is 6.57. The number of hydrogen-bond donors (Lipinski definition) is 2. The molecule has 8 heteroatoms. The standard InChI is InChI=1S/C18H13Cl2FN4O/c19-12-5-13(20)7-14(6-12)25-17-8-16(23-10-24-17)18(26)22-9-11-3-1-2-4-15(11)21/h1-8,10H,9H2,(H,22,26)(H,23,24,25). The van der Waals surface area contributed by atoms with Gasteiger partial charge in [-0.1, -0.05) is 41.4 Å². The number of benzene rings is 2. The first-order valence-electron chi connectivity index (χ1n) is 7.58. The van der Waals surface area contributed by atoms with Gasteiger partial charge in [-0.25, -0.2) is 14.4 Å². The maximum absolute atomic E-state index is 13.6. The molecule has 0 spiro atoms. The molecular formula is C18H13Cl2FN4O. The number of anilines is 2. The lowest BCUT2D eigenvalue weighted by atomic mass is 10.2. The Bertz CT molecular complexity index is 932. The molecule has 0 bridgehead atoms. The summed E-state index contributed by atoms with van der Waals surface area (Å²) in [6, 6.07) is 12.7. The molecule has 1 aromatic heterocycles. The minimum absolute atomic E-state index is 0.0577. The Hall–Kier alpha value is -2.70. The quantitative estimate of drug-likeness (QED) is 0.668. The minimum Gasteiger partial charge on any atom is -0.347 e. The molecule has 26 heavy (non-hydrogen) atoms. The van der Waals surface area contributed by atoms with E-state index in [-0.39, 0.29) is 18.1 Å². The highest BCUT2D eigenvalue weighted by Crippen LogP contribution is 2.24. The molecule has 1 amide bonds. The Labute approximate surface area is 159 Å². The molecule has 3 aromatic rings. The van der Waals surface area contributed by atoms with Crippen LogP contribution >= 0.6 is 23.2 Å². The molecular weight excluding hydrogens is 378 g/mol. The lowest BCUT2D eigenvalue weighted by Crippen LogP contribution is -2.24. The van der Waals surface area contributed by atoms with Crippen LogP contribution in [0.15, 0.2) is 54.9 Å². The largest absolute Gasteiger partial charge is 0.347 e. The Morgan fingerprint density at radius 1 is 1.04 bits per heavy atom. The number of aromatic nitrogens is 2. The number of hydrogen-bond acceptors (Lipinski definition) is 4. The third-order valence-electron chi connectivity index (χ3n) is 3.43. The molecule has 0 aliphatic rings. The van der Waals surface area contributed by atoms with E-state index in [2.05, 4.69) is 20.6 Å². The summed E-state index contributed by atoms with van der Waals surface area (Å²) >= 11 is 11.9. The van der Waals surface area contributed by atoms with Gasteiger partial charge in [0.15, 0.2) is 0 Å². The van der Waals surface area contributed by atoms with Gasteiger partial charge in [0, 0.05) is 33.9 Å². The van der Waals surface area contributed by atoms with Crippen LogP contribution in [0, 0.1) is 5.82 Å². The van der Waals surface area contributed by atoms with Crippen LogP contribution in [-0.2, 0) is 6.54 Å². The van der Waals surface area contributed by atoms with Gasteiger partial charge in [-0.05, 0) is 24.3 Å². The molecule has 0 saturated heterocycles. The number of rotatable bonds is 5. The Morgan fingerprint density at radius 3 is 2.50 bits per heavy atom. The molecule has 0 fully saturated rings. The second kappa shape index (κ2) is 8.12. The van der Waals surface area contributed by atoms with Crippen molar-refractivity contribution in [2.45, 2.75) is 6.54 Å². The van der Waals surface area contributed by atoms with Gasteiger partial charge in [0.05, 0.1) is 0 Å². The first-order chi connectivity index (χ1) is 12.5. The van der Waals surface area contributed by atoms with Crippen LogP contribution in [-0.4, -0.2) is 15.9 Å². The van der Waals surface area contributed by atoms with Crippen LogP contribution in [0.25, 0.3) is 0 Å². The highest BCUT2D eigenvalue weighted by molar-refractivity contribution is 6.35. The van der Waals surface area contributed by atoms with Gasteiger partial charge in [0.2, 0.25) is 0 Å². The lowest BCUT2D eigenvalue weighted by Gasteiger charge is -2.09. The number of carbonyl (C=O) groups is 1. The number of carbonyl (C=O) groups excluding carboxylic acids is 1. The number of nitrogens with one attached hydrogen (secondary N) is 2. The molecule has 0 unspecified atom stereocenters. The molecule has 0 saturated carbocycles. The third-order valence-corrected chi connectivity index (χ3v) is 3.87. The van der Waals surface area contributed by atoms with Crippen molar-refractivity contribution in [2.24, 2.45) is 0 Å². The smallest absolute Gasteiger partial charge is 0.270 e. The fourth-order valence-corrected chi connectivity index (χ4v) is 2.76. The van der Waals surface area contributed by atoms with Gasteiger partial charge in [0.1, 0.15) is 23.7 Å². The van der Waals surface area contributed by atoms with Gasteiger partial charge in [0.25, 0.3) is 5.91 Å². The van der Waals surface area contributed by atoms with Crippen LogP contribution in [0.3, 0.4) is 0 Å². The maximum Gasteiger partial charge on any atom is 0.270 e. The van der Waals surface area contributed by atoms with E-state index in [4.69, 9.17) is 23.2 Å². The van der Waals surface area contributed by atoms with Crippen molar-refractivity contribution in [2.75, 3.05) is 5.32 Å². The molecule has 0 atom stereocenters. The first-order valence-corrected chi connectivity index (χ1v) is 8.33. The van der Waals surface area contributed by atoms with Crippen molar-refractivity contribution in [1.29, 1.82) is 0 Å². The van der Waals surface area contributed by atoms with Crippen molar-refractivity contribution >= 4 is 40.6 Å². The van der Waals surface area contributed by atoms with E-state index in [9.17, 15) is 9.18 Å². The minimum atomic E-state index is -0.442. The zero-order valence-corrected chi connectivity index (χ0v) is 14.9. The van der Waals surface area contributed by atoms with E-state index >= 15 is 0 Å². The molecule has 0 aliphatic heterocycles. The summed E-state index contributed by atoms with van der Waals surface area (Å²) in [4.78, 5) is 20.3. The second-order valence-electron chi connectivity index (χ2n) is 5.35. The number of amides is 1. The van der Waals surface area contributed by atoms with E-state index < -0.39 is 5.91 Å². The van der Waals surface area contributed by atoms with E-state index in [0.717, 1.165) is 0 Å². The van der Waals surface area contributed by atoms with Gasteiger partial charge >= 0.3 is 0 Å². The summed E-state index contributed by atoms with van der Waals surface area (Å²) in [7, 11) is 0. The topological polar surface area (TPSA) is 66.9 Å². The van der Waals surface area contributed by atoms with E-state index in [1.54, 1.807) is 36.4 Å². The van der Waals surface area contributed by atoms with Gasteiger partial charge in [-0.3, -0.25) is 4.79 Å². The molecule has 0 aliphatic carbocycles. The van der Waals surface area contributed by atoms with Crippen LogP contribution in [0.5, 0.6) is 0 Å². The predicted molar refractivity (Wildman–Crippen MR) is 99.3 cm³/mol. The molecule has 3 rings (SSSR count). The molecule has 5 nitrogen and oxygen atoms in total. The van der Waals surface area contributed by atoms with Gasteiger partial charge < -0.3 is 10.6 Å². The average Bonchev–Trinajstić information content (AvgIpc) is 2.60. The average molecular weight is 391 g/mol. The molecule has 132 valence electrons. The fourth-order valence-electron chi connectivity index (χ4n) is 2.23. The van der Waals surface area contributed by atoms with Crippen molar-refractivity contribution in [3.8, 4) is 0 Å². The summed E-state index contributed by atoms with van der Waals surface area (Å²) in [5.74, 6) is -0.423. The molecule has 1 heterocycles. The van der Waals surface area contributed by atoms with Crippen molar-refractivity contribution in [1.82, 2.24) is 15.3 Å². The Morgan fingerprint density at radius 2 is 1.77 bits per heavy atom. The number of nitrogens with zero attached hydrogens (tertiary/aromatic N) is 2. The monoisotopic (exact) mass is 390 g/mol. The first kappa shape index (κ1) is 18.1. The highest BCUT2D eigenvalue weighted by Gasteiger charge is 2.10. The summed E-state index contributed by atoms with van der Waals surface area (Å²) in [6.07, 6.45) is 1.26. The summed E-state index contributed by atoms with van der Waals surface area (Å²) < 4.78 is 13.6. The zero-order valence-electron chi connectivity index (χ0n) is 13.3. The van der Waals surface area contributed by atoms with Gasteiger partial charge in [-0.15, -0.1) is 0 Å². The Kier molecular flexibility index (Phi) is 5.65. The third kappa shape index (κ3) is 4.68. The van der Waals surface area contributed by atoms with Crippen LogP contribution in [0.2, 0.25) is 10.0 Å². The Balaban J connectivity index is 1.70. The van der Waals surface area contributed by atoms with Crippen LogP contribution < -0.4 is 10.6 Å². The van der Waals surface area contributed by atoms with Crippen molar-refractivity contribution in [3.05, 3.63) is 82.0 Å². The normalized spacial score (nSPS) is 10.4. The van der Waals surface area contributed by atoms with E-state index in [0.29, 0.717) is 27.1 Å². The van der Waals surface area contributed by atoms with Gasteiger partial charge in [-0.2, -0.15) is 0 Å². The van der Waals surface area contributed by atoms with E-state index in [1.807, 2.05) is 0 Å². The van der Waals surface area contributed by atoms with Crippen LogP contribution in [0.1, 0.15) is 16.1 Å². The SMILES string of the molecule is O=C(NCc1ccccc1F)c1cc(Nc2cc(Cl)cc(Cl)c2)ncn1. The highest BCUT2D eigenvalue weighted by atomic mass is 35.5. The van der Waals surface area contributed by atoms with Crippen LogP contribution in [0.4, 0.5) is 15.9 Å². The van der Waals surface area contributed by atoms with Crippen molar-refractivity contribution < 1.29 is 9.18 Å². The molecule has 2 aromatic carbocycles. The summed E-state index contributed by atoms with van der Waals surface area (Å²) in [6.45, 7) is 0.0577. The fraction of sp³-hybridized carbons (Fsp3) is 0.0556. The van der Waals surface area contributed by atoms with Crippen molar-refractivity contribution in [3.63, 3.8) is 0 Å². The lowest BCUT2D eigenvalue weighted by molar-refractivity contribution is 0.0945. The number of halogens is 3.